The third-order valence-corrected chi connectivity index (χ3v) is 4.34. The van der Waals surface area contributed by atoms with Crippen molar-refractivity contribution < 1.29 is 64.6 Å². The fourth-order valence-corrected chi connectivity index (χ4v) is 2.83. The molecular weight excluding hydrogens is 376 g/mol. The minimum Gasteiger partial charge on any atom is -0.479 e. The van der Waals surface area contributed by atoms with Crippen molar-refractivity contribution in [2.24, 2.45) is 0 Å². The van der Waals surface area contributed by atoms with E-state index in [1.165, 1.54) is 0 Å². The molecule has 2 fully saturated rings. The highest BCUT2D eigenvalue weighted by Crippen LogP contribution is 2.35. The molecule has 157 valence electrons. The van der Waals surface area contributed by atoms with Crippen LogP contribution in [-0.2, 0) is 23.7 Å². The summed E-state index contributed by atoms with van der Waals surface area (Å²) in [7, 11) is 0. The topological polar surface area (TPSA) is 216 Å². The van der Waals surface area contributed by atoms with Gasteiger partial charge in [0.1, 0.15) is 49.3 Å². The highest BCUT2D eigenvalue weighted by atomic mass is 16.8. The summed E-state index contributed by atoms with van der Waals surface area (Å²) in [6, 6.07) is 0. The molecule has 0 aromatic heterocycles. The van der Waals surface area contributed by atoms with Gasteiger partial charge in [0.25, 0.3) is 0 Å². The van der Waals surface area contributed by atoms with Crippen molar-refractivity contribution in [1.82, 2.24) is 0 Å². The minimum absolute atomic E-state index is 0.421. The lowest BCUT2D eigenvalue weighted by Crippen LogP contribution is -2.62. The molecule has 13 heteroatoms. The molecule has 9 atom stereocenters. The first-order valence-corrected chi connectivity index (χ1v) is 7.97. The monoisotopic (exact) mass is 399 g/mol. The normalized spacial score (nSPS) is 45.1. The van der Waals surface area contributed by atoms with Crippen LogP contribution in [0.25, 0.3) is 0 Å². The third kappa shape index (κ3) is 4.55. The van der Waals surface area contributed by atoms with Gasteiger partial charge < -0.3 is 59.8 Å². The van der Waals surface area contributed by atoms with Gasteiger partial charge in [-0.3, -0.25) is 0 Å². The number of aliphatic hydroxyl groups is 7. The molecule has 0 spiro atoms. The molecule has 1 radical (unpaired) electrons. The van der Waals surface area contributed by atoms with E-state index in [9.17, 15) is 35.4 Å². The molecule has 13 nitrogen and oxygen atoms in total. The number of carboxylic acids is 1. The van der Waals surface area contributed by atoms with Crippen LogP contribution in [0.15, 0.2) is 0 Å². The molecule has 0 aromatic carbocycles. The number of carboxylic acid groups (broad SMARTS) is 1. The number of aliphatic carboxylic acids is 1. The van der Waals surface area contributed by atoms with Gasteiger partial charge in [-0.2, -0.15) is 0 Å². The summed E-state index contributed by atoms with van der Waals surface area (Å²) in [5.41, 5.74) is 0. The van der Waals surface area contributed by atoms with Gasteiger partial charge in [0, 0.05) is 0 Å². The quantitative estimate of drug-likeness (QED) is 0.192. The molecule has 0 unspecified atom stereocenters. The lowest BCUT2D eigenvalue weighted by Gasteiger charge is -2.43. The van der Waals surface area contributed by atoms with Crippen LogP contribution in [0.1, 0.15) is 0 Å². The van der Waals surface area contributed by atoms with E-state index in [1.54, 1.807) is 0 Å². The summed E-state index contributed by atoms with van der Waals surface area (Å²) >= 11 is 0. The van der Waals surface area contributed by atoms with Crippen LogP contribution in [0.4, 0.5) is 0 Å². The molecule has 0 saturated carbocycles. The Bertz CT molecular complexity index is 503. The zero-order chi connectivity index (χ0) is 20.4. The molecule has 2 aliphatic heterocycles. The fraction of sp³-hybridized carbons (Fsp3) is 0.857. The Balaban J connectivity index is 2.11. The SMILES string of the molecule is O=C(O)[CH]OC[C@H]1O[C@H](O[C@]2(CO)O[C@H](CO)[C@@H](O)[C@@H]2O)[C@H](O)[C@@H](O)[C@@H]1O. The first kappa shape index (κ1) is 22.3. The number of rotatable bonds is 8. The van der Waals surface area contributed by atoms with E-state index in [-0.39, 0.29) is 0 Å². The van der Waals surface area contributed by atoms with Gasteiger partial charge in [0.2, 0.25) is 5.79 Å². The van der Waals surface area contributed by atoms with Gasteiger partial charge in [0.15, 0.2) is 12.9 Å². The maximum Gasteiger partial charge on any atom is 0.336 e. The first-order valence-electron chi connectivity index (χ1n) is 7.97. The average Bonchev–Trinajstić information content (AvgIpc) is 2.88. The van der Waals surface area contributed by atoms with Crippen LogP contribution in [0.2, 0.25) is 0 Å². The molecule has 27 heavy (non-hydrogen) atoms. The lowest BCUT2D eigenvalue weighted by molar-refractivity contribution is -0.383. The zero-order valence-electron chi connectivity index (χ0n) is 13.9. The first-order chi connectivity index (χ1) is 12.7. The van der Waals surface area contributed by atoms with Crippen LogP contribution >= 0.6 is 0 Å². The van der Waals surface area contributed by atoms with Crippen molar-refractivity contribution in [3.05, 3.63) is 6.61 Å². The van der Waals surface area contributed by atoms with Crippen LogP contribution in [0.5, 0.6) is 0 Å². The molecule has 0 aromatic rings. The molecule has 2 aliphatic rings. The molecule has 0 aliphatic carbocycles. The van der Waals surface area contributed by atoms with Crippen molar-refractivity contribution in [2.75, 3.05) is 19.8 Å². The summed E-state index contributed by atoms with van der Waals surface area (Å²) in [5, 5.41) is 77.1. The molecule has 2 saturated heterocycles. The van der Waals surface area contributed by atoms with Gasteiger partial charge >= 0.3 is 5.97 Å². The standard InChI is InChI=1S/C14H23O13/c15-1-5-9(20)12(23)14(4-16,26-5)27-13-11(22)10(21)8(19)6(25-13)2-24-3-7(17)18/h3,5-6,8-13,15-16,19-23H,1-2,4H2,(H,17,18)/t5-,6-,8-,9-,10+,11-,12+,13-,14+/m1/s1. The lowest BCUT2D eigenvalue weighted by atomic mass is 9.99. The summed E-state index contributed by atoms with van der Waals surface area (Å²) in [5.74, 6) is -3.70. The summed E-state index contributed by atoms with van der Waals surface area (Å²) in [6.45, 7) is -1.83. The predicted molar refractivity (Wildman–Crippen MR) is 79.4 cm³/mol. The van der Waals surface area contributed by atoms with Gasteiger partial charge in [-0.05, 0) is 0 Å². The summed E-state index contributed by atoms with van der Waals surface area (Å²) in [6.07, 6.45) is -13.2. The molecule has 0 bridgehead atoms. The largest absolute Gasteiger partial charge is 0.479 e. The second kappa shape index (κ2) is 9.02. The third-order valence-electron chi connectivity index (χ3n) is 4.34. The van der Waals surface area contributed by atoms with E-state index in [0.717, 1.165) is 0 Å². The van der Waals surface area contributed by atoms with Crippen molar-refractivity contribution in [3.8, 4) is 0 Å². The van der Waals surface area contributed by atoms with E-state index in [1.807, 2.05) is 0 Å². The maximum atomic E-state index is 10.4. The molecule has 2 heterocycles. The van der Waals surface area contributed by atoms with Crippen LogP contribution in [0, 0.1) is 6.61 Å². The van der Waals surface area contributed by atoms with E-state index in [0.29, 0.717) is 6.61 Å². The van der Waals surface area contributed by atoms with Crippen molar-refractivity contribution in [3.63, 3.8) is 0 Å². The summed E-state index contributed by atoms with van der Waals surface area (Å²) < 4.78 is 20.3. The van der Waals surface area contributed by atoms with Gasteiger partial charge in [-0.15, -0.1) is 0 Å². The highest BCUT2D eigenvalue weighted by Gasteiger charge is 2.58. The molecule has 2 rings (SSSR count). The zero-order valence-corrected chi connectivity index (χ0v) is 13.9. The Kier molecular flexibility index (Phi) is 7.46. The van der Waals surface area contributed by atoms with Crippen molar-refractivity contribution in [2.45, 2.75) is 54.8 Å². The van der Waals surface area contributed by atoms with Crippen LogP contribution < -0.4 is 0 Å². The molecular formula is C14H23O13. The van der Waals surface area contributed by atoms with Crippen molar-refractivity contribution in [1.29, 1.82) is 0 Å². The molecule has 0 amide bonds. The Hall–Kier alpha value is -0.970. The number of carbonyl (C=O) groups is 1. The second-order valence-electron chi connectivity index (χ2n) is 6.17. The maximum absolute atomic E-state index is 10.4. The highest BCUT2D eigenvalue weighted by molar-refractivity contribution is 5.74. The van der Waals surface area contributed by atoms with Crippen LogP contribution in [0.3, 0.4) is 0 Å². The number of hydrogen-bond donors (Lipinski definition) is 8. The van der Waals surface area contributed by atoms with E-state index < -0.39 is 80.6 Å². The smallest absolute Gasteiger partial charge is 0.336 e. The number of ether oxygens (including phenoxy) is 4. The van der Waals surface area contributed by atoms with E-state index >= 15 is 0 Å². The Labute approximate surface area is 152 Å². The Morgan fingerprint density at radius 3 is 2.19 bits per heavy atom. The van der Waals surface area contributed by atoms with Gasteiger partial charge in [0.05, 0.1) is 13.2 Å². The van der Waals surface area contributed by atoms with Crippen LogP contribution in [-0.4, -0.2) is 121 Å². The number of aliphatic hydroxyl groups excluding tert-OH is 7. The predicted octanol–water partition coefficient (Wildman–Crippen LogP) is -5.12. The summed E-state index contributed by atoms with van der Waals surface area (Å²) in [4.78, 5) is 10.4. The molecule has 8 N–H and O–H groups in total. The Morgan fingerprint density at radius 1 is 1.00 bits per heavy atom. The number of hydrogen-bond acceptors (Lipinski definition) is 12. The van der Waals surface area contributed by atoms with E-state index in [4.69, 9.17) is 24.4 Å². The van der Waals surface area contributed by atoms with Crippen molar-refractivity contribution >= 4 is 5.97 Å². The van der Waals surface area contributed by atoms with E-state index in [2.05, 4.69) is 4.74 Å². The Morgan fingerprint density at radius 2 is 1.67 bits per heavy atom. The second-order valence-corrected chi connectivity index (χ2v) is 6.17. The van der Waals surface area contributed by atoms with Gasteiger partial charge in [-0.1, -0.05) is 0 Å². The fourth-order valence-electron chi connectivity index (χ4n) is 2.83. The minimum atomic E-state index is -2.29. The van der Waals surface area contributed by atoms with Gasteiger partial charge in [-0.25, -0.2) is 4.79 Å². The average molecular weight is 399 g/mol.